The summed E-state index contributed by atoms with van der Waals surface area (Å²) >= 11 is 0. The number of likely N-dealkylation sites (N-methyl/N-ethyl adjacent to an activating group) is 1. The Bertz CT molecular complexity index is 1270. The average molecular weight is 570 g/mol. The van der Waals surface area contributed by atoms with Crippen LogP contribution in [-0.2, 0) is 32.0 Å². The fraction of sp³-hybridized carbons (Fsp3) is 0.429. The van der Waals surface area contributed by atoms with E-state index in [0.29, 0.717) is 28.7 Å². The molecule has 0 saturated carbocycles. The zero-order valence-electron chi connectivity index (χ0n) is 23.1. The molecule has 3 rings (SSSR count). The molecule has 2 aromatic carbocycles. The van der Waals surface area contributed by atoms with E-state index in [4.69, 9.17) is 17.2 Å². The number of phenolic OH excluding ortho intramolecular Hbond substituents is 2. The standard InChI is InChI=1S/C28H39N7O6/c1-35(15-25(38)32-10-9-30)28(41)22-14-19-12-17(5-7-24(19)37)16-4-6-23(36)18(11-16)13-20(31)26(39)33-21(3-2-8-29)27(40)34-22/h4-7,11-12,20-22,36-37H,2-3,8-10,13-15,29-31H2,1H3,(H,32,38)(H,33,39)(H,34,40)/t20-,21-,22?/m0/s1. The van der Waals surface area contributed by atoms with Crippen molar-refractivity contribution in [1.82, 2.24) is 20.9 Å². The summed E-state index contributed by atoms with van der Waals surface area (Å²) in [5.74, 6) is -2.40. The lowest BCUT2D eigenvalue weighted by atomic mass is 9.95. The molecule has 13 heteroatoms. The number of rotatable bonds is 8. The van der Waals surface area contributed by atoms with Crippen LogP contribution >= 0.6 is 0 Å². The second-order valence-electron chi connectivity index (χ2n) is 10.1. The van der Waals surface area contributed by atoms with Crippen LogP contribution in [0.5, 0.6) is 11.5 Å². The highest BCUT2D eigenvalue weighted by molar-refractivity contribution is 5.94. The number of hydrogen-bond donors (Lipinski definition) is 8. The zero-order valence-corrected chi connectivity index (χ0v) is 23.1. The van der Waals surface area contributed by atoms with Crippen LogP contribution in [-0.4, -0.2) is 90.1 Å². The molecular weight excluding hydrogens is 530 g/mol. The number of phenols is 2. The second-order valence-corrected chi connectivity index (χ2v) is 10.1. The summed E-state index contributed by atoms with van der Waals surface area (Å²) in [6.07, 6.45) is 0.473. The number of amides is 4. The highest BCUT2D eigenvalue weighted by atomic mass is 16.3. The first kappa shape index (κ1) is 31.3. The third-order valence-electron chi connectivity index (χ3n) is 6.86. The number of benzene rings is 2. The summed E-state index contributed by atoms with van der Waals surface area (Å²) in [7, 11) is 1.42. The van der Waals surface area contributed by atoms with Gasteiger partial charge in [-0.05, 0) is 65.9 Å². The van der Waals surface area contributed by atoms with Crippen LogP contribution in [0, 0.1) is 0 Å². The van der Waals surface area contributed by atoms with Crippen molar-refractivity contribution in [1.29, 1.82) is 0 Å². The number of carbonyl (C=O) groups excluding carboxylic acids is 4. The molecule has 0 saturated heterocycles. The first-order valence-electron chi connectivity index (χ1n) is 13.5. The summed E-state index contributed by atoms with van der Waals surface area (Å²) in [5, 5.41) is 29.0. The van der Waals surface area contributed by atoms with E-state index in [1.165, 1.54) is 24.1 Å². The van der Waals surface area contributed by atoms with Crippen molar-refractivity contribution in [3.05, 3.63) is 47.5 Å². The molecule has 4 bridgehead atoms. The van der Waals surface area contributed by atoms with Crippen molar-refractivity contribution in [3.63, 3.8) is 0 Å². The van der Waals surface area contributed by atoms with Gasteiger partial charge in [-0.15, -0.1) is 0 Å². The highest BCUT2D eigenvalue weighted by Gasteiger charge is 2.31. The number of hydrogen-bond acceptors (Lipinski definition) is 9. The minimum atomic E-state index is -1.19. The fourth-order valence-electron chi connectivity index (χ4n) is 4.58. The van der Waals surface area contributed by atoms with Gasteiger partial charge in [-0.2, -0.15) is 0 Å². The van der Waals surface area contributed by atoms with Gasteiger partial charge in [0.2, 0.25) is 23.6 Å². The molecule has 0 aromatic heterocycles. The van der Waals surface area contributed by atoms with Crippen LogP contribution in [0.3, 0.4) is 0 Å². The Hall–Kier alpha value is -4.20. The smallest absolute Gasteiger partial charge is 0.245 e. The molecule has 0 spiro atoms. The molecule has 4 amide bonds. The van der Waals surface area contributed by atoms with Crippen molar-refractivity contribution in [2.24, 2.45) is 17.2 Å². The van der Waals surface area contributed by atoms with E-state index in [0.717, 1.165) is 0 Å². The van der Waals surface area contributed by atoms with Crippen LogP contribution < -0.4 is 33.2 Å². The second kappa shape index (κ2) is 14.4. The Morgan fingerprint density at radius 2 is 1.56 bits per heavy atom. The topological polar surface area (TPSA) is 226 Å². The number of nitrogens with one attached hydrogen (secondary N) is 3. The summed E-state index contributed by atoms with van der Waals surface area (Å²) in [6.45, 7) is 0.455. The molecule has 3 atom stereocenters. The van der Waals surface area contributed by atoms with Gasteiger partial charge < -0.3 is 48.3 Å². The summed E-state index contributed by atoms with van der Waals surface area (Å²) in [6, 6.07) is 6.37. The Balaban J connectivity index is 2.05. The predicted octanol–water partition coefficient (Wildman–Crippen LogP) is -1.57. The first-order chi connectivity index (χ1) is 19.5. The minimum Gasteiger partial charge on any atom is -0.508 e. The third kappa shape index (κ3) is 8.39. The number of fused-ring (bicyclic) bond motifs is 5. The molecule has 1 aliphatic rings. The summed E-state index contributed by atoms with van der Waals surface area (Å²) in [5.41, 5.74) is 19.4. The van der Waals surface area contributed by atoms with Gasteiger partial charge in [-0.1, -0.05) is 12.1 Å². The van der Waals surface area contributed by atoms with Crippen molar-refractivity contribution in [2.45, 2.75) is 43.8 Å². The van der Waals surface area contributed by atoms with Crippen LogP contribution in [0.15, 0.2) is 36.4 Å². The van der Waals surface area contributed by atoms with Crippen LogP contribution in [0.4, 0.5) is 0 Å². The lowest BCUT2D eigenvalue weighted by Crippen LogP contribution is -2.57. The Morgan fingerprint density at radius 3 is 2.15 bits per heavy atom. The van der Waals surface area contributed by atoms with Crippen molar-refractivity contribution in [2.75, 3.05) is 33.2 Å². The van der Waals surface area contributed by atoms with E-state index in [2.05, 4.69) is 16.0 Å². The largest absolute Gasteiger partial charge is 0.508 e. The van der Waals surface area contributed by atoms with E-state index in [1.807, 2.05) is 0 Å². The fourth-order valence-corrected chi connectivity index (χ4v) is 4.58. The number of nitrogens with two attached hydrogens (primary N) is 3. The van der Waals surface area contributed by atoms with Crippen molar-refractivity contribution < 1.29 is 29.4 Å². The van der Waals surface area contributed by atoms with Gasteiger partial charge in [0.25, 0.3) is 0 Å². The zero-order chi connectivity index (χ0) is 30.1. The third-order valence-corrected chi connectivity index (χ3v) is 6.86. The van der Waals surface area contributed by atoms with E-state index in [1.54, 1.807) is 24.3 Å². The molecule has 13 nitrogen and oxygen atoms in total. The normalized spacial score (nSPS) is 19.3. The van der Waals surface area contributed by atoms with Gasteiger partial charge >= 0.3 is 0 Å². The lowest BCUT2D eigenvalue weighted by Gasteiger charge is -2.27. The summed E-state index contributed by atoms with van der Waals surface area (Å²) < 4.78 is 0. The van der Waals surface area contributed by atoms with Gasteiger partial charge in [0.05, 0.1) is 12.6 Å². The van der Waals surface area contributed by atoms with E-state index in [9.17, 15) is 29.4 Å². The average Bonchev–Trinajstić information content (AvgIpc) is 2.94. The van der Waals surface area contributed by atoms with E-state index < -0.39 is 41.8 Å². The molecular formula is C28H39N7O6. The van der Waals surface area contributed by atoms with Crippen molar-refractivity contribution in [3.8, 4) is 22.6 Å². The number of carbonyl (C=O) groups is 4. The molecule has 0 fully saturated rings. The molecule has 1 heterocycles. The van der Waals surface area contributed by atoms with E-state index >= 15 is 0 Å². The Kier molecular flexibility index (Phi) is 11.0. The van der Waals surface area contributed by atoms with Gasteiger partial charge in [0.1, 0.15) is 23.6 Å². The molecule has 1 aliphatic heterocycles. The monoisotopic (exact) mass is 569 g/mol. The SMILES string of the molecule is CN(CC(=O)NCCN)C(=O)C1Cc2cc(ccc2O)-c2ccc(O)c(c2)C[C@H](N)C(=O)N[C@@H](CCCN)C(=O)N1. The molecule has 41 heavy (non-hydrogen) atoms. The van der Waals surface area contributed by atoms with Crippen molar-refractivity contribution >= 4 is 23.6 Å². The molecule has 222 valence electrons. The van der Waals surface area contributed by atoms with Crippen LogP contribution in [0.2, 0.25) is 0 Å². The molecule has 11 N–H and O–H groups in total. The Morgan fingerprint density at radius 1 is 0.951 bits per heavy atom. The highest BCUT2D eigenvalue weighted by Crippen LogP contribution is 2.31. The maximum atomic E-state index is 13.5. The van der Waals surface area contributed by atoms with Crippen LogP contribution in [0.25, 0.3) is 11.1 Å². The Labute approximate surface area is 238 Å². The first-order valence-corrected chi connectivity index (χ1v) is 13.5. The minimum absolute atomic E-state index is 0.000197. The molecule has 2 aromatic rings. The number of nitrogens with zero attached hydrogens (tertiary/aromatic N) is 1. The molecule has 1 unspecified atom stereocenters. The maximum absolute atomic E-state index is 13.5. The van der Waals surface area contributed by atoms with Gasteiger partial charge in [0, 0.05) is 33.0 Å². The summed E-state index contributed by atoms with van der Waals surface area (Å²) in [4.78, 5) is 53.4. The van der Waals surface area contributed by atoms with Gasteiger partial charge in [-0.3, -0.25) is 19.2 Å². The van der Waals surface area contributed by atoms with E-state index in [-0.39, 0.29) is 56.9 Å². The maximum Gasteiger partial charge on any atom is 0.245 e. The molecule has 0 aliphatic carbocycles. The number of aromatic hydroxyl groups is 2. The lowest BCUT2D eigenvalue weighted by molar-refractivity contribution is -0.139. The van der Waals surface area contributed by atoms with Gasteiger partial charge in [-0.25, -0.2) is 0 Å². The van der Waals surface area contributed by atoms with Crippen LogP contribution in [0.1, 0.15) is 24.0 Å². The molecule has 0 radical (unpaired) electrons. The quantitative estimate of drug-likeness (QED) is 0.183. The predicted molar refractivity (Wildman–Crippen MR) is 152 cm³/mol. The van der Waals surface area contributed by atoms with Gasteiger partial charge in [0.15, 0.2) is 0 Å².